The van der Waals surface area contributed by atoms with E-state index in [2.05, 4.69) is 12.2 Å². The molecule has 0 saturated heterocycles. The average molecular weight is 212 g/mol. The van der Waals surface area contributed by atoms with Crippen LogP contribution in [0.15, 0.2) is 0 Å². The van der Waals surface area contributed by atoms with Gasteiger partial charge >= 0.3 is 0 Å². The Labute approximate surface area is 93.2 Å². The number of nitrogens with one attached hydrogen (secondary N) is 1. The minimum atomic E-state index is 0.225. The van der Waals surface area contributed by atoms with Gasteiger partial charge in [0.05, 0.1) is 6.54 Å². The van der Waals surface area contributed by atoms with E-state index in [1.54, 1.807) is 0 Å². The fraction of sp³-hybridized carbons (Fsp3) is 0.917. The first-order valence-electron chi connectivity index (χ1n) is 6.18. The Morgan fingerprint density at radius 1 is 1.40 bits per heavy atom. The Morgan fingerprint density at radius 3 is 2.47 bits per heavy atom. The summed E-state index contributed by atoms with van der Waals surface area (Å²) in [5.74, 6) is 1.15. The van der Waals surface area contributed by atoms with Gasteiger partial charge in [-0.3, -0.25) is 4.79 Å². The molecule has 1 fully saturated rings. The van der Waals surface area contributed by atoms with Crippen LogP contribution in [0.25, 0.3) is 0 Å². The summed E-state index contributed by atoms with van der Waals surface area (Å²) in [5, 5.41) is 3.31. The third kappa shape index (κ3) is 4.65. The predicted molar refractivity (Wildman–Crippen MR) is 62.7 cm³/mol. The van der Waals surface area contributed by atoms with Crippen molar-refractivity contribution in [3.8, 4) is 0 Å². The molecule has 1 amide bonds. The predicted octanol–water partition coefficient (Wildman–Crippen LogP) is 1.63. The van der Waals surface area contributed by atoms with Gasteiger partial charge in [-0.2, -0.15) is 0 Å². The van der Waals surface area contributed by atoms with Gasteiger partial charge < -0.3 is 10.2 Å². The Balaban J connectivity index is 2.13. The van der Waals surface area contributed by atoms with Crippen LogP contribution in [0.5, 0.6) is 0 Å². The molecule has 0 aliphatic heterocycles. The summed E-state index contributed by atoms with van der Waals surface area (Å²) in [6.07, 6.45) is 4.00. The highest BCUT2D eigenvalue weighted by Crippen LogP contribution is 2.33. The number of hydrogen-bond donors (Lipinski definition) is 1. The van der Waals surface area contributed by atoms with E-state index < -0.39 is 0 Å². The first kappa shape index (κ1) is 12.5. The topological polar surface area (TPSA) is 32.3 Å². The summed E-state index contributed by atoms with van der Waals surface area (Å²) in [5.41, 5.74) is 0. The average Bonchev–Trinajstić information content (AvgIpc) is 3.00. The SMILES string of the molecule is CCN(CC)C(=O)CNC(C)CC1CC1. The van der Waals surface area contributed by atoms with Gasteiger partial charge in [0.2, 0.25) is 5.91 Å². The molecule has 1 aliphatic carbocycles. The maximum Gasteiger partial charge on any atom is 0.236 e. The largest absolute Gasteiger partial charge is 0.342 e. The Hall–Kier alpha value is -0.570. The Morgan fingerprint density at radius 2 is 2.00 bits per heavy atom. The summed E-state index contributed by atoms with van der Waals surface area (Å²) >= 11 is 0. The molecule has 1 saturated carbocycles. The number of rotatable bonds is 7. The van der Waals surface area contributed by atoms with E-state index >= 15 is 0 Å². The van der Waals surface area contributed by atoms with Gasteiger partial charge in [-0.05, 0) is 33.1 Å². The molecular formula is C12H24N2O. The van der Waals surface area contributed by atoms with Crippen molar-refractivity contribution < 1.29 is 4.79 Å². The van der Waals surface area contributed by atoms with E-state index in [1.807, 2.05) is 18.7 Å². The number of nitrogens with zero attached hydrogens (tertiary/aromatic N) is 1. The molecule has 15 heavy (non-hydrogen) atoms. The highest BCUT2D eigenvalue weighted by atomic mass is 16.2. The van der Waals surface area contributed by atoms with Crippen molar-refractivity contribution in [2.24, 2.45) is 5.92 Å². The molecule has 1 rings (SSSR count). The lowest BCUT2D eigenvalue weighted by molar-refractivity contribution is -0.130. The van der Waals surface area contributed by atoms with E-state index in [0.717, 1.165) is 19.0 Å². The lowest BCUT2D eigenvalue weighted by Gasteiger charge is -2.20. The van der Waals surface area contributed by atoms with Crippen LogP contribution in [-0.4, -0.2) is 36.5 Å². The van der Waals surface area contributed by atoms with Crippen molar-refractivity contribution in [3.63, 3.8) is 0 Å². The van der Waals surface area contributed by atoms with Crippen molar-refractivity contribution in [1.29, 1.82) is 0 Å². The van der Waals surface area contributed by atoms with Gasteiger partial charge in [0, 0.05) is 19.1 Å². The molecule has 1 atom stereocenters. The normalized spacial score (nSPS) is 17.5. The van der Waals surface area contributed by atoms with Gasteiger partial charge in [0.25, 0.3) is 0 Å². The first-order chi connectivity index (χ1) is 7.17. The fourth-order valence-corrected chi connectivity index (χ4v) is 1.89. The third-order valence-electron chi connectivity index (χ3n) is 3.10. The van der Waals surface area contributed by atoms with E-state index in [-0.39, 0.29) is 5.91 Å². The van der Waals surface area contributed by atoms with Crippen LogP contribution in [0.1, 0.15) is 40.0 Å². The zero-order valence-electron chi connectivity index (χ0n) is 10.3. The molecule has 0 heterocycles. The van der Waals surface area contributed by atoms with Crippen LogP contribution in [0.4, 0.5) is 0 Å². The van der Waals surface area contributed by atoms with Gasteiger partial charge in [-0.15, -0.1) is 0 Å². The van der Waals surface area contributed by atoms with Gasteiger partial charge in [-0.25, -0.2) is 0 Å². The molecule has 88 valence electrons. The summed E-state index contributed by atoms with van der Waals surface area (Å²) in [4.78, 5) is 13.5. The van der Waals surface area contributed by atoms with Crippen molar-refractivity contribution in [3.05, 3.63) is 0 Å². The summed E-state index contributed by atoms with van der Waals surface area (Å²) in [6, 6.07) is 0.483. The molecule has 3 heteroatoms. The molecule has 0 spiro atoms. The monoisotopic (exact) mass is 212 g/mol. The van der Waals surface area contributed by atoms with Crippen molar-refractivity contribution in [1.82, 2.24) is 10.2 Å². The summed E-state index contributed by atoms with van der Waals surface area (Å²) in [7, 11) is 0. The van der Waals surface area contributed by atoms with Crippen LogP contribution in [-0.2, 0) is 4.79 Å². The lowest BCUT2D eigenvalue weighted by Crippen LogP contribution is -2.40. The molecule has 1 unspecified atom stereocenters. The number of hydrogen-bond acceptors (Lipinski definition) is 2. The maximum atomic E-state index is 11.7. The zero-order chi connectivity index (χ0) is 11.3. The van der Waals surface area contributed by atoms with Crippen molar-refractivity contribution in [2.45, 2.75) is 46.1 Å². The molecule has 0 aromatic rings. The summed E-state index contributed by atoms with van der Waals surface area (Å²) < 4.78 is 0. The van der Waals surface area contributed by atoms with Gasteiger partial charge in [0.15, 0.2) is 0 Å². The van der Waals surface area contributed by atoms with Crippen LogP contribution in [0.3, 0.4) is 0 Å². The number of carbonyl (C=O) groups excluding carboxylic acids is 1. The van der Waals surface area contributed by atoms with E-state index in [1.165, 1.54) is 19.3 Å². The molecule has 0 radical (unpaired) electrons. The molecule has 0 aromatic carbocycles. The van der Waals surface area contributed by atoms with Crippen molar-refractivity contribution >= 4 is 5.91 Å². The second kappa shape index (κ2) is 6.11. The fourth-order valence-electron chi connectivity index (χ4n) is 1.89. The molecule has 1 N–H and O–H groups in total. The lowest BCUT2D eigenvalue weighted by atomic mass is 10.1. The third-order valence-corrected chi connectivity index (χ3v) is 3.10. The highest BCUT2D eigenvalue weighted by molar-refractivity contribution is 5.78. The van der Waals surface area contributed by atoms with E-state index in [4.69, 9.17) is 0 Å². The van der Waals surface area contributed by atoms with E-state index in [0.29, 0.717) is 12.6 Å². The quantitative estimate of drug-likeness (QED) is 0.695. The van der Waals surface area contributed by atoms with Crippen LogP contribution < -0.4 is 5.32 Å². The zero-order valence-corrected chi connectivity index (χ0v) is 10.3. The minimum Gasteiger partial charge on any atom is -0.342 e. The number of likely N-dealkylation sites (N-methyl/N-ethyl adjacent to an activating group) is 1. The van der Waals surface area contributed by atoms with Gasteiger partial charge in [0.1, 0.15) is 0 Å². The maximum absolute atomic E-state index is 11.7. The standard InChI is InChI=1S/C12H24N2O/c1-4-14(5-2)12(15)9-13-10(3)8-11-6-7-11/h10-11,13H,4-9H2,1-3H3. The van der Waals surface area contributed by atoms with E-state index in [9.17, 15) is 4.79 Å². The second-order valence-corrected chi connectivity index (χ2v) is 4.53. The smallest absolute Gasteiger partial charge is 0.236 e. The first-order valence-corrected chi connectivity index (χ1v) is 6.18. The Bertz CT molecular complexity index is 198. The van der Waals surface area contributed by atoms with Crippen LogP contribution in [0, 0.1) is 5.92 Å². The molecular weight excluding hydrogens is 188 g/mol. The van der Waals surface area contributed by atoms with Crippen LogP contribution in [0.2, 0.25) is 0 Å². The minimum absolute atomic E-state index is 0.225. The molecule has 1 aliphatic rings. The Kier molecular flexibility index (Phi) is 5.09. The van der Waals surface area contributed by atoms with Crippen molar-refractivity contribution in [2.75, 3.05) is 19.6 Å². The molecule has 0 bridgehead atoms. The highest BCUT2D eigenvalue weighted by Gasteiger charge is 2.23. The van der Waals surface area contributed by atoms with Crippen LogP contribution >= 0.6 is 0 Å². The number of amides is 1. The number of carbonyl (C=O) groups is 1. The second-order valence-electron chi connectivity index (χ2n) is 4.53. The van der Waals surface area contributed by atoms with Gasteiger partial charge in [-0.1, -0.05) is 12.8 Å². The molecule has 0 aromatic heterocycles. The molecule has 3 nitrogen and oxygen atoms in total. The summed E-state index contributed by atoms with van der Waals surface area (Å²) in [6.45, 7) is 8.34.